The number of Topliss-reactive ketones (excluding diaryl/α,β-unsaturated/α-hetero) is 1. The molecule has 0 aliphatic carbocycles. The van der Waals surface area contributed by atoms with Gasteiger partial charge in [-0.1, -0.05) is 25.1 Å². The van der Waals surface area contributed by atoms with Gasteiger partial charge in [-0.15, -0.1) is 0 Å². The van der Waals surface area contributed by atoms with Crippen molar-refractivity contribution in [3.63, 3.8) is 0 Å². The highest BCUT2D eigenvalue weighted by Gasteiger charge is 2.28. The van der Waals surface area contributed by atoms with Gasteiger partial charge in [0.2, 0.25) is 0 Å². The second-order valence-corrected chi connectivity index (χ2v) is 8.12. The SMILES string of the molecule is CCC(OC(=O)C(CCSC)NC(=O)c1ccccc1)C(=O)Nc1ccc(C(C)=O)cc1. The van der Waals surface area contributed by atoms with Gasteiger partial charge in [-0.05, 0) is 68.2 Å². The molecule has 170 valence electrons. The van der Waals surface area contributed by atoms with E-state index in [4.69, 9.17) is 4.74 Å². The van der Waals surface area contributed by atoms with Gasteiger partial charge < -0.3 is 15.4 Å². The summed E-state index contributed by atoms with van der Waals surface area (Å²) in [5.41, 5.74) is 1.46. The average Bonchev–Trinajstić information content (AvgIpc) is 2.80. The molecule has 2 amide bonds. The first-order valence-electron chi connectivity index (χ1n) is 10.3. The summed E-state index contributed by atoms with van der Waals surface area (Å²) in [6.45, 7) is 3.19. The molecule has 0 aliphatic rings. The van der Waals surface area contributed by atoms with Crippen molar-refractivity contribution in [3.05, 3.63) is 65.7 Å². The number of ether oxygens (including phenoxy) is 1. The molecule has 2 atom stereocenters. The van der Waals surface area contributed by atoms with Crippen molar-refractivity contribution in [1.29, 1.82) is 0 Å². The van der Waals surface area contributed by atoms with E-state index >= 15 is 0 Å². The van der Waals surface area contributed by atoms with Gasteiger partial charge in [0, 0.05) is 16.8 Å². The van der Waals surface area contributed by atoms with Crippen molar-refractivity contribution in [3.8, 4) is 0 Å². The van der Waals surface area contributed by atoms with Gasteiger partial charge in [-0.2, -0.15) is 11.8 Å². The minimum absolute atomic E-state index is 0.0722. The van der Waals surface area contributed by atoms with Crippen LogP contribution in [0.25, 0.3) is 0 Å². The number of ketones is 1. The normalized spacial score (nSPS) is 12.3. The molecule has 32 heavy (non-hydrogen) atoms. The smallest absolute Gasteiger partial charge is 0.329 e. The zero-order valence-corrected chi connectivity index (χ0v) is 19.2. The van der Waals surface area contributed by atoms with Gasteiger partial charge in [0.25, 0.3) is 11.8 Å². The number of anilines is 1. The van der Waals surface area contributed by atoms with E-state index in [-0.39, 0.29) is 18.1 Å². The van der Waals surface area contributed by atoms with Crippen LogP contribution in [-0.2, 0) is 14.3 Å². The molecule has 0 aliphatic heterocycles. The Morgan fingerprint density at radius 2 is 1.62 bits per heavy atom. The molecule has 0 aromatic heterocycles. The summed E-state index contributed by atoms with van der Waals surface area (Å²) in [5, 5.41) is 5.41. The van der Waals surface area contributed by atoms with Crippen LogP contribution in [0.3, 0.4) is 0 Å². The fourth-order valence-electron chi connectivity index (χ4n) is 2.87. The number of esters is 1. The number of benzene rings is 2. The number of nitrogens with one attached hydrogen (secondary N) is 2. The van der Waals surface area contributed by atoms with E-state index in [0.717, 1.165) is 0 Å². The molecular formula is C24H28N2O5S. The van der Waals surface area contributed by atoms with Crippen molar-refractivity contribution < 1.29 is 23.9 Å². The number of carbonyl (C=O) groups is 4. The van der Waals surface area contributed by atoms with E-state index in [1.54, 1.807) is 73.3 Å². The van der Waals surface area contributed by atoms with Crippen LogP contribution in [0, 0.1) is 0 Å². The van der Waals surface area contributed by atoms with E-state index < -0.39 is 24.0 Å². The van der Waals surface area contributed by atoms with E-state index in [2.05, 4.69) is 10.6 Å². The van der Waals surface area contributed by atoms with Gasteiger partial charge >= 0.3 is 5.97 Å². The molecule has 0 radical (unpaired) electrons. The molecule has 0 saturated carbocycles. The highest BCUT2D eigenvalue weighted by atomic mass is 32.2. The van der Waals surface area contributed by atoms with Crippen LogP contribution < -0.4 is 10.6 Å². The number of thioether (sulfide) groups is 1. The summed E-state index contributed by atoms with van der Waals surface area (Å²) in [5.74, 6) is -0.944. The van der Waals surface area contributed by atoms with Gasteiger partial charge in [0.05, 0.1) is 0 Å². The molecule has 0 fully saturated rings. The Hall–Kier alpha value is -3.13. The molecule has 2 N–H and O–H groups in total. The monoisotopic (exact) mass is 456 g/mol. The van der Waals surface area contributed by atoms with Crippen LogP contribution in [0.15, 0.2) is 54.6 Å². The van der Waals surface area contributed by atoms with Crippen molar-refractivity contribution in [2.45, 2.75) is 38.8 Å². The zero-order chi connectivity index (χ0) is 23.5. The molecule has 2 unspecified atom stereocenters. The molecule has 8 heteroatoms. The van der Waals surface area contributed by atoms with E-state index in [0.29, 0.717) is 29.0 Å². The van der Waals surface area contributed by atoms with Crippen molar-refractivity contribution in [1.82, 2.24) is 5.32 Å². The average molecular weight is 457 g/mol. The summed E-state index contributed by atoms with van der Waals surface area (Å²) in [7, 11) is 0. The van der Waals surface area contributed by atoms with Gasteiger partial charge in [-0.25, -0.2) is 4.79 Å². The number of amides is 2. The van der Waals surface area contributed by atoms with Crippen LogP contribution >= 0.6 is 11.8 Å². The van der Waals surface area contributed by atoms with Crippen LogP contribution in [-0.4, -0.2) is 47.7 Å². The molecule has 2 aromatic rings. The summed E-state index contributed by atoms with van der Waals surface area (Å²) < 4.78 is 5.46. The lowest BCUT2D eigenvalue weighted by Gasteiger charge is -2.21. The largest absolute Gasteiger partial charge is 0.451 e. The minimum atomic E-state index is -1.01. The Morgan fingerprint density at radius 1 is 0.969 bits per heavy atom. The Labute approximate surface area is 192 Å². The van der Waals surface area contributed by atoms with Crippen molar-refractivity contribution in [2.75, 3.05) is 17.3 Å². The third-order valence-corrected chi connectivity index (χ3v) is 5.36. The summed E-state index contributed by atoms with van der Waals surface area (Å²) >= 11 is 1.54. The number of carbonyl (C=O) groups excluding carboxylic acids is 4. The van der Waals surface area contributed by atoms with Gasteiger partial charge in [-0.3, -0.25) is 14.4 Å². The zero-order valence-electron chi connectivity index (χ0n) is 18.4. The van der Waals surface area contributed by atoms with E-state index in [9.17, 15) is 19.2 Å². The molecular weight excluding hydrogens is 428 g/mol. The topological polar surface area (TPSA) is 102 Å². The summed E-state index contributed by atoms with van der Waals surface area (Å²) in [4.78, 5) is 49.3. The quantitative estimate of drug-likeness (QED) is 0.395. The van der Waals surface area contributed by atoms with Crippen LogP contribution in [0.2, 0.25) is 0 Å². The molecule has 0 spiro atoms. The Kier molecular flexibility index (Phi) is 9.94. The maximum absolute atomic E-state index is 12.8. The van der Waals surface area contributed by atoms with Gasteiger partial charge in [0.15, 0.2) is 11.9 Å². The Morgan fingerprint density at radius 3 is 2.19 bits per heavy atom. The standard InChI is InChI=1S/C24H28N2O5S/c1-4-21(23(29)25-19-12-10-17(11-13-19)16(2)27)31-24(30)20(14-15-32-3)26-22(28)18-8-6-5-7-9-18/h5-13,20-21H,4,14-15H2,1-3H3,(H,25,29)(H,26,28). The molecule has 2 aromatic carbocycles. The lowest BCUT2D eigenvalue weighted by atomic mass is 10.1. The maximum atomic E-state index is 12.8. The Bertz CT molecular complexity index is 931. The highest BCUT2D eigenvalue weighted by Crippen LogP contribution is 2.13. The van der Waals surface area contributed by atoms with Gasteiger partial charge in [0.1, 0.15) is 6.04 Å². The predicted octanol–water partition coefficient (Wildman–Crippen LogP) is 3.70. The van der Waals surface area contributed by atoms with Crippen LogP contribution in [0.1, 0.15) is 47.4 Å². The predicted molar refractivity (Wildman–Crippen MR) is 126 cm³/mol. The number of rotatable bonds is 11. The highest BCUT2D eigenvalue weighted by molar-refractivity contribution is 7.98. The fourth-order valence-corrected chi connectivity index (χ4v) is 3.34. The van der Waals surface area contributed by atoms with Crippen molar-refractivity contribution in [2.24, 2.45) is 0 Å². The van der Waals surface area contributed by atoms with Crippen LogP contribution in [0.4, 0.5) is 5.69 Å². The third-order valence-electron chi connectivity index (χ3n) is 4.72. The molecule has 7 nitrogen and oxygen atoms in total. The fraction of sp³-hybridized carbons (Fsp3) is 0.333. The maximum Gasteiger partial charge on any atom is 0.329 e. The number of hydrogen-bond acceptors (Lipinski definition) is 6. The van der Waals surface area contributed by atoms with E-state index in [1.807, 2.05) is 6.26 Å². The summed E-state index contributed by atoms with van der Waals surface area (Å²) in [6, 6.07) is 14.2. The second-order valence-electron chi connectivity index (χ2n) is 7.13. The first-order valence-corrected chi connectivity index (χ1v) is 11.7. The molecule has 0 heterocycles. The minimum Gasteiger partial charge on any atom is -0.451 e. The lowest BCUT2D eigenvalue weighted by Crippen LogP contribution is -2.45. The second kappa shape index (κ2) is 12.7. The van der Waals surface area contributed by atoms with E-state index in [1.165, 1.54) is 6.92 Å². The summed E-state index contributed by atoms with van der Waals surface area (Å²) in [6.07, 6.45) is 1.54. The van der Waals surface area contributed by atoms with Crippen molar-refractivity contribution >= 4 is 41.0 Å². The molecule has 2 rings (SSSR count). The number of hydrogen-bond donors (Lipinski definition) is 2. The molecule has 0 saturated heterocycles. The molecule has 0 bridgehead atoms. The third kappa shape index (κ3) is 7.53. The first-order chi connectivity index (χ1) is 15.3. The Balaban J connectivity index is 2.03. The first kappa shape index (κ1) is 25.1. The lowest BCUT2D eigenvalue weighted by molar-refractivity contribution is -0.156. The van der Waals surface area contributed by atoms with Crippen LogP contribution in [0.5, 0.6) is 0 Å².